The maximum Gasteiger partial charge on any atom is 0.253 e. The highest BCUT2D eigenvalue weighted by atomic mass is 35.5. The second-order valence-corrected chi connectivity index (χ2v) is 8.83. The number of aryl methyl sites for hydroxylation is 1. The Bertz CT molecular complexity index is 923. The topological polar surface area (TPSA) is 58.6 Å². The van der Waals surface area contributed by atoms with E-state index < -0.39 is 0 Å². The van der Waals surface area contributed by atoms with Crippen LogP contribution in [0.4, 0.5) is 5.69 Å². The van der Waals surface area contributed by atoms with Crippen molar-refractivity contribution >= 4 is 29.1 Å². The number of hydrogen-bond donors (Lipinski definition) is 1. The molecule has 0 heterocycles. The van der Waals surface area contributed by atoms with Gasteiger partial charge in [0.15, 0.2) is 0 Å². The average molecular weight is 443 g/mol. The Balaban J connectivity index is 1.58. The van der Waals surface area contributed by atoms with Gasteiger partial charge in [0.25, 0.3) is 5.91 Å². The summed E-state index contributed by atoms with van der Waals surface area (Å²) in [5, 5.41) is 3.25. The Hall–Kier alpha value is -2.53. The summed E-state index contributed by atoms with van der Waals surface area (Å²) in [5.41, 5.74) is 2.00. The molecule has 0 bridgehead atoms. The Labute approximate surface area is 189 Å². The van der Waals surface area contributed by atoms with Crippen LogP contribution in [-0.4, -0.2) is 35.9 Å². The highest BCUT2D eigenvalue weighted by molar-refractivity contribution is 6.33. The van der Waals surface area contributed by atoms with Gasteiger partial charge in [0, 0.05) is 25.1 Å². The summed E-state index contributed by atoms with van der Waals surface area (Å²) >= 11 is 6.25. The van der Waals surface area contributed by atoms with E-state index >= 15 is 0 Å². The molecule has 0 saturated heterocycles. The number of amides is 2. The lowest BCUT2D eigenvalue weighted by atomic mass is 10.1. The van der Waals surface area contributed by atoms with Gasteiger partial charge in [0.1, 0.15) is 5.75 Å². The molecule has 2 amide bonds. The first-order valence-electron chi connectivity index (χ1n) is 11.0. The predicted octanol–water partition coefficient (Wildman–Crippen LogP) is 5.71. The fourth-order valence-electron chi connectivity index (χ4n) is 3.64. The Morgan fingerprint density at radius 2 is 1.90 bits per heavy atom. The molecule has 1 fully saturated rings. The third-order valence-electron chi connectivity index (χ3n) is 5.73. The minimum atomic E-state index is -0.147. The molecular formula is C25H31ClN2O3. The SMILES string of the molecule is CC(C)N(C)C(=O)c1ccc(Cl)c(NC(=O)CCc2cccc(OC3CCCC3)c2)c1. The second kappa shape index (κ2) is 10.7. The maximum atomic E-state index is 12.6. The van der Waals surface area contributed by atoms with E-state index in [1.54, 1.807) is 30.1 Å². The van der Waals surface area contributed by atoms with Crippen LogP contribution in [0.3, 0.4) is 0 Å². The van der Waals surface area contributed by atoms with Crippen molar-refractivity contribution in [3.8, 4) is 5.75 Å². The first-order valence-corrected chi connectivity index (χ1v) is 11.3. The third kappa shape index (κ3) is 6.47. The average Bonchev–Trinajstić information content (AvgIpc) is 3.26. The summed E-state index contributed by atoms with van der Waals surface area (Å²) in [6.45, 7) is 3.90. The van der Waals surface area contributed by atoms with E-state index in [1.165, 1.54) is 12.8 Å². The number of rotatable bonds is 8. The lowest BCUT2D eigenvalue weighted by Crippen LogP contribution is -2.33. The molecule has 0 spiro atoms. The van der Waals surface area contributed by atoms with Crippen molar-refractivity contribution in [2.45, 2.75) is 64.5 Å². The summed E-state index contributed by atoms with van der Waals surface area (Å²) in [6, 6.07) is 13.0. The van der Waals surface area contributed by atoms with Crippen LogP contribution in [0.2, 0.25) is 5.02 Å². The summed E-state index contributed by atoms with van der Waals surface area (Å²) in [6.07, 6.45) is 5.91. The van der Waals surface area contributed by atoms with E-state index in [1.807, 2.05) is 38.1 Å². The Morgan fingerprint density at radius 3 is 2.61 bits per heavy atom. The maximum absolute atomic E-state index is 12.6. The lowest BCUT2D eigenvalue weighted by molar-refractivity contribution is -0.116. The minimum absolute atomic E-state index is 0.0784. The zero-order chi connectivity index (χ0) is 22.4. The van der Waals surface area contributed by atoms with Crippen LogP contribution in [0.5, 0.6) is 5.75 Å². The van der Waals surface area contributed by atoms with Gasteiger partial charge in [-0.25, -0.2) is 0 Å². The van der Waals surface area contributed by atoms with Crippen LogP contribution < -0.4 is 10.1 Å². The predicted molar refractivity (Wildman–Crippen MR) is 125 cm³/mol. The molecule has 1 aliphatic rings. The van der Waals surface area contributed by atoms with Gasteiger partial charge in [-0.15, -0.1) is 0 Å². The number of benzene rings is 2. The Kier molecular flexibility index (Phi) is 7.97. The van der Waals surface area contributed by atoms with Gasteiger partial charge in [-0.1, -0.05) is 23.7 Å². The molecule has 6 heteroatoms. The van der Waals surface area contributed by atoms with Crippen molar-refractivity contribution in [3.05, 3.63) is 58.6 Å². The van der Waals surface area contributed by atoms with Crippen molar-refractivity contribution in [1.82, 2.24) is 4.90 Å². The fourth-order valence-corrected chi connectivity index (χ4v) is 3.80. The van der Waals surface area contributed by atoms with Crippen LogP contribution in [0.15, 0.2) is 42.5 Å². The second-order valence-electron chi connectivity index (χ2n) is 8.42. The van der Waals surface area contributed by atoms with Crippen molar-refractivity contribution < 1.29 is 14.3 Å². The molecular weight excluding hydrogens is 412 g/mol. The molecule has 166 valence electrons. The van der Waals surface area contributed by atoms with E-state index in [2.05, 4.69) is 5.32 Å². The summed E-state index contributed by atoms with van der Waals surface area (Å²) < 4.78 is 6.05. The standard InChI is InChI=1S/C25H31ClN2O3/c1-17(2)28(3)25(30)19-12-13-22(26)23(16-19)27-24(29)14-11-18-7-6-10-21(15-18)31-20-8-4-5-9-20/h6-7,10,12-13,15-17,20H,4-5,8-9,11,14H2,1-3H3,(H,27,29). The number of anilines is 1. The largest absolute Gasteiger partial charge is 0.490 e. The van der Waals surface area contributed by atoms with E-state index in [9.17, 15) is 9.59 Å². The molecule has 0 unspecified atom stereocenters. The summed E-state index contributed by atoms with van der Waals surface area (Å²) in [5.74, 6) is 0.611. The molecule has 0 aromatic heterocycles. The molecule has 5 nitrogen and oxygen atoms in total. The van der Waals surface area contributed by atoms with Crippen LogP contribution in [-0.2, 0) is 11.2 Å². The van der Waals surface area contributed by atoms with Crippen LogP contribution in [0, 0.1) is 0 Å². The van der Waals surface area contributed by atoms with Gasteiger partial charge >= 0.3 is 0 Å². The van der Waals surface area contributed by atoms with E-state index in [0.29, 0.717) is 35.2 Å². The van der Waals surface area contributed by atoms with Crippen molar-refractivity contribution in [3.63, 3.8) is 0 Å². The molecule has 1 N–H and O–H groups in total. The number of carbonyl (C=O) groups is 2. The number of halogens is 1. The van der Waals surface area contributed by atoms with E-state index in [0.717, 1.165) is 24.2 Å². The van der Waals surface area contributed by atoms with Gasteiger partial charge in [-0.05, 0) is 81.8 Å². The lowest BCUT2D eigenvalue weighted by Gasteiger charge is -2.22. The normalized spacial score (nSPS) is 14.0. The first kappa shape index (κ1) is 23.1. The van der Waals surface area contributed by atoms with E-state index in [4.69, 9.17) is 16.3 Å². The van der Waals surface area contributed by atoms with Gasteiger partial charge in [0.05, 0.1) is 16.8 Å². The van der Waals surface area contributed by atoms with Crippen molar-refractivity contribution in [2.24, 2.45) is 0 Å². The molecule has 0 aliphatic heterocycles. The van der Waals surface area contributed by atoms with Gasteiger partial charge in [-0.2, -0.15) is 0 Å². The quantitative estimate of drug-likeness (QED) is 0.569. The first-order chi connectivity index (χ1) is 14.8. The number of carbonyl (C=O) groups excluding carboxylic acids is 2. The van der Waals surface area contributed by atoms with Crippen LogP contribution in [0.1, 0.15) is 61.9 Å². The molecule has 0 atom stereocenters. The van der Waals surface area contributed by atoms with Crippen LogP contribution in [0.25, 0.3) is 0 Å². The molecule has 2 aromatic carbocycles. The number of ether oxygens (including phenoxy) is 1. The molecule has 31 heavy (non-hydrogen) atoms. The van der Waals surface area contributed by atoms with Gasteiger partial charge in [-0.3, -0.25) is 9.59 Å². The third-order valence-corrected chi connectivity index (χ3v) is 6.06. The van der Waals surface area contributed by atoms with Crippen molar-refractivity contribution in [2.75, 3.05) is 12.4 Å². The van der Waals surface area contributed by atoms with E-state index in [-0.39, 0.29) is 17.9 Å². The number of nitrogens with zero attached hydrogens (tertiary/aromatic N) is 1. The highest BCUT2D eigenvalue weighted by Crippen LogP contribution is 2.26. The molecule has 0 radical (unpaired) electrons. The molecule has 2 aromatic rings. The number of nitrogens with one attached hydrogen (secondary N) is 1. The van der Waals surface area contributed by atoms with Gasteiger partial charge < -0.3 is 15.0 Å². The summed E-state index contributed by atoms with van der Waals surface area (Å²) in [4.78, 5) is 26.7. The fraction of sp³-hybridized carbons (Fsp3) is 0.440. The monoisotopic (exact) mass is 442 g/mol. The Morgan fingerprint density at radius 1 is 1.16 bits per heavy atom. The molecule has 3 rings (SSSR count). The van der Waals surface area contributed by atoms with Crippen molar-refractivity contribution in [1.29, 1.82) is 0 Å². The van der Waals surface area contributed by atoms with Crippen LogP contribution >= 0.6 is 11.6 Å². The smallest absolute Gasteiger partial charge is 0.253 e. The zero-order valence-corrected chi connectivity index (χ0v) is 19.2. The summed E-state index contributed by atoms with van der Waals surface area (Å²) in [7, 11) is 1.75. The number of hydrogen-bond acceptors (Lipinski definition) is 3. The minimum Gasteiger partial charge on any atom is -0.490 e. The molecule has 1 saturated carbocycles. The molecule has 1 aliphatic carbocycles. The van der Waals surface area contributed by atoms with Gasteiger partial charge in [0.2, 0.25) is 5.91 Å². The zero-order valence-electron chi connectivity index (χ0n) is 18.5. The highest BCUT2D eigenvalue weighted by Gasteiger charge is 2.18.